The Balaban J connectivity index is 1.55. The summed E-state index contributed by atoms with van der Waals surface area (Å²) < 4.78 is 10.5. The van der Waals surface area contributed by atoms with Crippen LogP contribution in [0.5, 0.6) is 0 Å². The molecule has 7 unspecified atom stereocenters. The number of ether oxygens (including phenoxy) is 2. The molecule has 3 rings (SSSR count). The number of piperidine rings is 1. The van der Waals surface area contributed by atoms with Gasteiger partial charge in [-0.1, -0.05) is 0 Å². The van der Waals surface area contributed by atoms with Gasteiger partial charge in [0.05, 0.1) is 12.1 Å². The van der Waals surface area contributed by atoms with Crippen LogP contribution in [0, 0.1) is 0 Å². The van der Waals surface area contributed by atoms with E-state index in [1.165, 1.54) is 0 Å². The lowest BCUT2D eigenvalue weighted by Gasteiger charge is -2.43. The molecule has 3 aliphatic rings. The second-order valence-electron chi connectivity index (χ2n) is 11.2. The Kier molecular flexibility index (Phi) is 13.3. The van der Waals surface area contributed by atoms with Crippen molar-refractivity contribution in [1.82, 2.24) is 26.6 Å². The number of guanidine groups is 1. The second-order valence-corrected chi connectivity index (χ2v) is 11.2. The van der Waals surface area contributed by atoms with Crippen LogP contribution in [-0.4, -0.2) is 132 Å². The Morgan fingerprint density at radius 1 is 1.07 bits per heavy atom. The largest absolute Gasteiger partial charge is 0.447 e. The van der Waals surface area contributed by atoms with E-state index in [4.69, 9.17) is 32.4 Å². The van der Waals surface area contributed by atoms with Crippen LogP contribution in [0.15, 0.2) is 4.99 Å². The van der Waals surface area contributed by atoms with E-state index < -0.39 is 79.3 Å². The van der Waals surface area contributed by atoms with E-state index in [1.807, 2.05) is 0 Å². The van der Waals surface area contributed by atoms with E-state index in [0.717, 1.165) is 6.42 Å². The number of nitrogens with zero attached hydrogens (tertiary/aromatic N) is 1. The van der Waals surface area contributed by atoms with Crippen molar-refractivity contribution in [3.05, 3.63) is 0 Å². The lowest BCUT2D eigenvalue weighted by molar-refractivity contribution is -0.198. The van der Waals surface area contributed by atoms with Gasteiger partial charge in [0.2, 0.25) is 17.7 Å². The zero-order valence-corrected chi connectivity index (χ0v) is 24.4. The fourth-order valence-corrected chi connectivity index (χ4v) is 5.19. The first-order valence-electron chi connectivity index (χ1n) is 14.7. The van der Waals surface area contributed by atoms with Crippen LogP contribution in [0.2, 0.25) is 0 Å². The SMILES string of the molecule is NCCCC(N)CC(=O)NCCCC(N)CC(=O)NC1C(NC2=N[C@@H]3C(=O)NC[C@@H](O)[C@H]3N2)OC(COC(N)=O)C(O)C1O. The maximum atomic E-state index is 12.9. The summed E-state index contributed by atoms with van der Waals surface area (Å²) in [6.45, 7) is 0.390. The number of hydrogen-bond acceptors (Lipinski definition) is 15. The molecule has 3 aliphatic heterocycles. The van der Waals surface area contributed by atoms with Gasteiger partial charge in [0.1, 0.15) is 31.0 Å². The molecule has 19 heteroatoms. The van der Waals surface area contributed by atoms with E-state index in [-0.39, 0.29) is 37.3 Å². The quantitative estimate of drug-likeness (QED) is 0.0749. The summed E-state index contributed by atoms with van der Waals surface area (Å²) in [5, 5.41) is 45.5. The summed E-state index contributed by atoms with van der Waals surface area (Å²) in [4.78, 5) is 52.5. The van der Waals surface area contributed by atoms with Crippen LogP contribution >= 0.6 is 0 Å². The second kappa shape index (κ2) is 16.7. The van der Waals surface area contributed by atoms with Gasteiger partial charge in [-0.2, -0.15) is 0 Å². The number of nitrogens with one attached hydrogen (secondary N) is 5. The van der Waals surface area contributed by atoms with E-state index in [2.05, 4.69) is 31.6 Å². The third-order valence-corrected chi connectivity index (χ3v) is 7.57. The Morgan fingerprint density at radius 3 is 2.41 bits per heavy atom. The van der Waals surface area contributed by atoms with Crippen LogP contribution < -0.4 is 49.5 Å². The van der Waals surface area contributed by atoms with Gasteiger partial charge in [-0.05, 0) is 32.2 Å². The van der Waals surface area contributed by atoms with Crippen molar-refractivity contribution in [2.75, 3.05) is 26.2 Å². The molecule has 16 N–H and O–H groups in total. The van der Waals surface area contributed by atoms with Crippen molar-refractivity contribution >= 4 is 29.8 Å². The number of nitrogens with two attached hydrogens (primary N) is 4. The maximum absolute atomic E-state index is 12.9. The summed E-state index contributed by atoms with van der Waals surface area (Å²) in [6, 6.07) is -3.75. The van der Waals surface area contributed by atoms with Gasteiger partial charge in [-0.25, -0.2) is 9.79 Å². The normalized spacial score (nSPS) is 31.0. The van der Waals surface area contributed by atoms with Crippen molar-refractivity contribution in [2.45, 2.75) is 99.4 Å². The molecule has 0 aliphatic carbocycles. The third-order valence-electron chi connectivity index (χ3n) is 7.57. The smallest absolute Gasteiger partial charge is 0.404 e. The van der Waals surface area contributed by atoms with Crippen molar-refractivity contribution in [1.29, 1.82) is 0 Å². The topological polar surface area (TPSA) is 324 Å². The summed E-state index contributed by atoms with van der Waals surface area (Å²) in [5.41, 5.74) is 22.5. The molecule has 3 heterocycles. The van der Waals surface area contributed by atoms with Crippen LogP contribution in [0.25, 0.3) is 0 Å². The molecule has 0 radical (unpaired) electrons. The predicted octanol–water partition coefficient (Wildman–Crippen LogP) is -6.14. The molecule has 0 aromatic heterocycles. The number of amides is 4. The van der Waals surface area contributed by atoms with Crippen molar-refractivity contribution in [3.8, 4) is 0 Å². The van der Waals surface area contributed by atoms with Crippen LogP contribution in [0.3, 0.4) is 0 Å². The molecule has 0 spiro atoms. The van der Waals surface area contributed by atoms with Gasteiger partial charge < -0.3 is 74.3 Å². The molecule has 250 valence electrons. The highest BCUT2D eigenvalue weighted by atomic mass is 16.6. The summed E-state index contributed by atoms with van der Waals surface area (Å²) in [7, 11) is 0. The number of carbonyl (C=O) groups excluding carboxylic acids is 4. The average molecular weight is 631 g/mol. The number of aliphatic imine (C=N–C) groups is 1. The number of aliphatic hydroxyl groups excluding tert-OH is 3. The number of hydrogen-bond donors (Lipinski definition) is 12. The minimum atomic E-state index is -1.60. The standard InChI is InChI=1S/C25H46N10O9/c26-5-1-3-11(27)7-15(37)30-6-2-4-12(28)8-16(38)32-19-21(40)20(39)14(10-43-24(29)42)44-23(19)35-25-33-17-13(36)9-31-22(41)18(17)34-25/h11-14,17-21,23,36,39-40H,1-10,26-28H2,(H2,29,42)(H,30,37)(H,31,41)(H,32,38)(H2,33,34,35)/t11?,12?,13-,14?,17-,18+,19?,20?,21?,23?/m1/s1. The first kappa shape index (κ1) is 35.2. The predicted molar refractivity (Wildman–Crippen MR) is 154 cm³/mol. The molecule has 44 heavy (non-hydrogen) atoms. The fraction of sp³-hybridized carbons (Fsp3) is 0.800. The van der Waals surface area contributed by atoms with E-state index in [0.29, 0.717) is 32.4 Å². The first-order chi connectivity index (χ1) is 20.9. The highest BCUT2D eigenvalue weighted by Gasteiger charge is 2.48. The van der Waals surface area contributed by atoms with E-state index in [1.54, 1.807) is 0 Å². The summed E-state index contributed by atoms with van der Waals surface area (Å²) in [5.74, 6) is -1.10. The fourth-order valence-electron chi connectivity index (χ4n) is 5.19. The first-order valence-corrected chi connectivity index (χ1v) is 14.7. The maximum Gasteiger partial charge on any atom is 0.404 e. The number of aliphatic hydroxyl groups is 3. The molecule has 0 aromatic rings. The monoisotopic (exact) mass is 630 g/mol. The lowest BCUT2D eigenvalue weighted by Crippen LogP contribution is -2.69. The Morgan fingerprint density at radius 2 is 1.75 bits per heavy atom. The van der Waals surface area contributed by atoms with Crippen LogP contribution in [0.4, 0.5) is 4.79 Å². The molecule has 19 nitrogen and oxygen atoms in total. The zero-order valence-electron chi connectivity index (χ0n) is 24.4. The number of carbonyl (C=O) groups is 4. The molecule has 4 amide bonds. The molecule has 0 bridgehead atoms. The highest BCUT2D eigenvalue weighted by Crippen LogP contribution is 2.22. The van der Waals surface area contributed by atoms with E-state index >= 15 is 0 Å². The van der Waals surface area contributed by atoms with Gasteiger partial charge in [0, 0.05) is 38.0 Å². The average Bonchev–Trinajstić information content (AvgIpc) is 3.40. The van der Waals surface area contributed by atoms with Crippen molar-refractivity contribution < 1.29 is 44.0 Å². The molecule has 2 fully saturated rings. The third kappa shape index (κ3) is 10.1. The lowest BCUT2D eigenvalue weighted by atomic mass is 9.95. The Bertz CT molecular complexity index is 1040. The summed E-state index contributed by atoms with van der Waals surface area (Å²) >= 11 is 0. The minimum Gasteiger partial charge on any atom is -0.447 e. The van der Waals surface area contributed by atoms with Crippen LogP contribution in [0.1, 0.15) is 38.5 Å². The highest BCUT2D eigenvalue weighted by molar-refractivity contribution is 5.92. The zero-order chi connectivity index (χ0) is 32.4. The number of β-amino-alcohol motifs (C(OH)–C–C–N with tert-alkyl or cyclic N) is 1. The van der Waals surface area contributed by atoms with Crippen molar-refractivity contribution in [2.24, 2.45) is 27.9 Å². The molecular weight excluding hydrogens is 584 g/mol. The van der Waals surface area contributed by atoms with Gasteiger partial charge in [-0.3, -0.25) is 14.4 Å². The molecule has 0 saturated carbocycles. The number of primary amides is 1. The number of rotatable bonds is 15. The van der Waals surface area contributed by atoms with Crippen LogP contribution in [-0.2, 0) is 23.9 Å². The number of fused-ring (bicyclic) bond motifs is 1. The molecule has 0 aromatic carbocycles. The van der Waals surface area contributed by atoms with Gasteiger partial charge in [0.25, 0.3) is 0 Å². The Hall–Kier alpha value is -3.33. The minimum absolute atomic E-state index is 0.0296. The Labute approximate surface area is 254 Å². The molecular formula is C25H46N10O9. The molecule has 10 atom stereocenters. The van der Waals surface area contributed by atoms with Gasteiger partial charge >= 0.3 is 6.09 Å². The van der Waals surface area contributed by atoms with E-state index in [9.17, 15) is 34.5 Å². The summed E-state index contributed by atoms with van der Waals surface area (Å²) in [6.07, 6.45) is -5.38. The van der Waals surface area contributed by atoms with Gasteiger partial charge in [0.15, 0.2) is 18.2 Å². The van der Waals surface area contributed by atoms with Gasteiger partial charge in [-0.15, -0.1) is 0 Å². The molecule has 2 saturated heterocycles. The van der Waals surface area contributed by atoms with Crippen molar-refractivity contribution in [3.63, 3.8) is 0 Å².